The van der Waals surface area contributed by atoms with E-state index in [1.54, 1.807) is 7.05 Å². The summed E-state index contributed by atoms with van der Waals surface area (Å²) in [6, 6.07) is 0. The van der Waals surface area contributed by atoms with E-state index in [0.717, 1.165) is 6.42 Å². The highest BCUT2D eigenvalue weighted by Gasteiger charge is 2.14. The molecule has 0 aromatic rings. The van der Waals surface area contributed by atoms with Crippen molar-refractivity contribution in [3.63, 3.8) is 0 Å². The van der Waals surface area contributed by atoms with Crippen molar-refractivity contribution in [1.82, 2.24) is 5.32 Å². The van der Waals surface area contributed by atoms with E-state index < -0.39 is 0 Å². The zero-order valence-corrected chi connectivity index (χ0v) is 12.2. The van der Waals surface area contributed by atoms with Gasteiger partial charge < -0.3 is 5.32 Å². The molecule has 0 aliphatic carbocycles. The highest BCUT2D eigenvalue weighted by atomic mass is 16.1. The molecule has 0 heterocycles. The van der Waals surface area contributed by atoms with Gasteiger partial charge in [0.2, 0.25) is 5.91 Å². The largest absolute Gasteiger partial charge is 0.359 e. The van der Waals surface area contributed by atoms with E-state index in [2.05, 4.69) is 19.2 Å². The molecule has 17 heavy (non-hydrogen) atoms. The van der Waals surface area contributed by atoms with Crippen LogP contribution in [-0.2, 0) is 4.79 Å². The zero-order chi connectivity index (χ0) is 13.1. The number of amides is 1. The summed E-state index contributed by atoms with van der Waals surface area (Å²) in [5.41, 5.74) is 0. The highest BCUT2D eigenvalue weighted by molar-refractivity contribution is 5.77. The summed E-state index contributed by atoms with van der Waals surface area (Å²) >= 11 is 0. The molecule has 1 N–H and O–H groups in total. The number of hydrogen-bond donors (Lipinski definition) is 1. The van der Waals surface area contributed by atoms with Gasteiger partial charge in [-0.3, -0.25) is 4.79 Å². The van der Waals surface area contributed by atoms with Crippen LogP contribution in [0, 0.1) is 11.8 Å². The molecule has 0 bridgehead atoms. The summed E-state index contributed by atoms with van der Waals surface area (Å²) in [5.74, 6) is 1.02. The minimum atomic E-state index is 0.162. The molecule has 0 aromatic carbocycles. The van der Waals surface area contributed by atoms with Gasteiger partial charge in [0.1, 0.15) is 0 Å². The summed E-state index contributed by atoms with van der Waals surface area (Å²) in [4.78, 5) is 11.4. The van der Waals surface area contributed by atoms with Crippen LogP contribution in [0.5, 0.6) is 0 Å². The lowest BCUT2D eigenvalue weighted by atomic mass is 9.92. The first kappa shape index (κ1) is 16.5. The molecule has 2 atom stereocenters. The van der Waals surface area contributed by atoms with Gasteiger partial charge in [0.15, 0.2) is 0 Å². The molecule has 0 aliphatic rings. The monoisotopic (exact) mass is 241 g/mol. The van der Waals surface area contributed by atoms with Gasteiger partial charge in [-0.1, -0.05) is 65.7 Å². The van der Waals surface area contributed by atoms with Crippen molar-refractivity contribution >= 4 is 5.91 Å². The number of hydrogen-bond acceptors (Lipinski definition) is 1. The van der Waals surface area contributed by atoms with Crippen LogP contribution in [-0.4, -0.2) is 13.0 Å². The zero-order valence-electron chi connectivity index (χ0n) is 12.2. The van der Waals surface area contributed by atoms with Gasteiger partial charge in [0.25, 0.3) is 0 Å². The molecule has 2 nitrogen and oxygen atoms in total. The Balaban J connectivity index is 3.46. The minimum Gasteiger partial charge on any atom is -0.359 e. The molecule has 0 radical (unpaired) electrons. The Labute approximate surface area is 108 Å². The smallest absolute Gasteiger partial charge is 0.222 e. The fourth-order valence-electron chi connectivity index (χ4n) is 2.35. The van der Waals surface area contributed by atoms with E-state index >= 15 is 0 Å². The molecule has 0 rings (SSSR count). The fourth-order valence-corrected chi connectivity index (χ4v) is 2.35. The standard InChI is InChI=1S/C15H31NO/c1-5-6-7-8-9-10-11-13(2)12-14(3)15(17)16-4/h13-14H,5-12H2,1-4H3,(H,16,17)/t13-,14-/m1/s1. The van der Waals surface area contributed by atoms with Crippen molar-refractivity contribution in [2.45, 2.75) is 72.1 Å². The van der Waals surface area contributed by atoms with Gasteiger partial charge in [0, 0.05) is 13.0 Å². The third-order valence-corrected chi connectivity index (χ3v) is 3.50. The number of carbonyl (C=O) groups is 1. The summed E-state index contributed by atoms with van der Waals surface area (Å²) < 4.78 is 0. The lowest BCUT2D eigenvalue weighted by Crippen LogP contribution is -2.26. The number of carbonyl (C=O) groups excluding carboxylic acids is 1. The molecule has 0 spiro atoms. The Hall–Kier alpha value is -0.530. The van der Waals surface area contributed by atoms with Crippen molar-refractivity contribution < 1.29 is 4.79 Å². The predicted molar refractivity (Wildman–Crippen MR) is 75.0 cm³/mol. The average Bonchev–Trinajstić information content (AvgIpc) is 2.32. The van der Waals surface area contributed by atoms with Gasteiger partial charge in [0.05, 0.1) is 0 Å². The Morgan fingerprint density at radius 1 is 1.06 bits per heavy atom. The Morgan fingerprint density at radius 3 is 2.24 bits per heavy atom. The van der Waals surface area contributed by atoms with Crippen LogP contribution in [0.2, 0.25) is 0 Å². The van der Waals surface area contributed by atoms with E-state index in [4.69, 9.17) is 0 Å². The SMILES string of the molecule is CCCCCCCC[C@@H](C)C[C@@H](C)C(=O)NC. The van der Waals surface area contributed by atoms with Crippen molar-refractivity contribution in [1.29, 1.82) is 0 Å². The normalized spacial score (nSPS) is 14.4. The van der Waals surface area contributed by atoms with E-state index in [1.165, 1.54) is 44.9 Å². The minimum absolute atomic E-state index is 0.162. The number of unbranched alkanes of at least 4 members (excludes halogenated alkanes) is 5. The number of nitrogens with one attached hydrogen (secondary N) is 1. The van der Waals surface area contributed by atoms with Gasteiger partial charge in [-0.15, -0.1) is 0 Å². The highest BCUT2D eigenvalue weighted by Crippen LogP contribution is 2.19. The Morgan fingerprint density at radius 2 is 1.65 bits per heavy atom. The second-order valence-electron chi connectivity index (χ2n) is 5.41. The van der Waals surface area contributed by atoms with Gasteiger partial charge in [-0.2, -0.15) is 0 Å². The topological polar surface area (TPSA) is 29.1 Å². The van der Waals surface area contributed by atoms with Crippen LogP contribution >= 0.6 is 0 Å². The molecule has 0 aromatic heterocycles. The van der Waals surface area contributed by atoms with Crippen molar-refractivity contribution in [3.8, 4) is 0 Å². The first-order valence-corrected chi connectivity index (χ1v) is 7.33. The second-order valence-corrected chi connectivity index (χ2v) is 5.41. The van der Waals surface area contributed by atoms with Gasteiger partial charge in [-0.05, 0) is 12.3 Å². The first-order chi connectivity index (χ1) is 8.11. The molecule has 0 aliphatic heterocycles. The average molecular weight is 241 g/mol. The number of rotatable bonds is 10. The first-order valence-electron chi connectivity index (χ1n) is 7.33. The molecular formula is C15H31NO. The lowest BCUT2D eigenvalue weighted by molar-refractivity contribution is -0.124. The molecular weight excluding hydrogens is 210 g/mol. The third-order valence-electron chi connectivity index (χ3n) is 3.50. The summed E-state index contributed by atoms with van der Waals surface area (Å²) in [7, 11) is 1.72. The van der Waals surface area contributed by atoms with Crippen LogP contribution < -0.4 is 5.32 Å². The molecule has 2 heteroatoms. The fraction of sp³-hybridized carbons (Fsp3) is 0.933. The van der Waals surface area contributed by atoms with Crippen molar-refractivity contribution in [2.75, 3.05) is 7.05 Å². The van der Waals surface area contributed by atoms with Crippen LogP contribution in [0.4, 0.5) is 0 Å². The third kappa shape index (κ3) is 9.20. The summed E-state index contributed by atoms with van der Waals surface area (Å²) in [6.07, 6.45) is 10.4. The van der Waals surface area contributed by atoms with Crippen LogP contribution in [0.1, 0.15) is 72.1 Å². The molecule has 102 valence electrons. The van der Waals surface area contributed by atoms with E-state index in [1.807, 2.05) is 6.92 Å². The molecule has 0 saturated carbocycles. The lowest BCUT2D eigenvalue weighted by Gasteiger charge is -2.15. The van der Waals surface area contributed by atoms with E-state index in [9.17, 15) is 4.79 Å². The predicted octanol–water partition coefficient (Wildman–Crippen LogP) is 4.15. The molecule has 0 unspecified atom stereocenters. The van der Waals surface area contributed by atoms with Crippen molar-refractivity contribution in [2.24, 2.45) is 11.8 Å². The summed E-state index contributed by atoms with van der Waals surface area (Å²) in [6.45, 7) is 6.55. The van der Waals surface area contributed by atoms with Crippen LogP contribution in [0.3, 0.4) is 0 Å². The Bertz CT molecular complexity index is 191. The Kier molecular flexibility index (Phi) is 10.3. The second kappa shape index (κ2) is 10.6. The maximum absolute atomic E-state index is 11.4. The van der Waals surface area contributed by atoms with E-state index in [0.29, 0.717) is 5.92 Å². The quantitative estimate of drug-likeness (QED) is 0.572. The molecule has 0 fully saturated rings. The van der Waals surface area contributed by atoms with Gasteiger partial charge in [-0.25, -0.2) is 0 Å². The molecule has 0 saturated heterocycles. The maximum atomic E-state index is 11.4. The summed E-state index contributed by atoms with van der Waals surface area (Å²) in [5, 5.41) is 2.72. The van der Waals surface area contributed by atoms with Crippen LogP contribution in [0.15, 0.2) is 0 Å². The van der Waals surface area contributed by atoms with Crippen LogP contribution in [0.25, 0.3) is 0 Å². The molecule has 1 amide bonds. The van der Waals surface area contributed by atoms with E-state index in [-0.39, 0.29) is 11.8 Å². The maximum Gasteiger partial charge on any atom is 0.222 e. The van der Waals surface area contributed by atoms with Gasteiger partial charge >= 0.3 is 0 Å². The van der Waals surface area contributed by atoms with Crippen molar-refractivity contribution in [3.05, 3.63) is 0 Å².